The van der Waals surface area contributed by atoms with E-state index in [1.807, 2.05) is 40.3 Å². The summed E-state index contributed by atoms with van der Waals surface area (Å²) in [5.74, 6) is 1.41. The van der Waals surface area contributed by atoms with Gasteiger partial charge in [0, 0.05) is 20.2 Å². The zero-order chi connectivity index (χ0) is 17.2. The number of carbonyl (C=O) groups is 1. The van der Waals surface area contributed by atoms with Crippen molar-refractivity contribution in [2.24, 2.45) is 0 Å². The third-order valence-electron chi connectivity index (χ3n) is 4.12. The van der Waals surface area contributed by atoms with Crippen molar-refractivity contribution in [2.45, 2.75) is 6.54 Å². The molecule has 7 heteroatoms. The van der Waals surface area contributed by atoms with E-state index in [0.717, 1.165) is 27.3 Å². The number of hydrogen-bond acceptors (Lipinski definition) is 5. The van der Waals surface area contributed by atoms with Gasteiger partial charge in [-0.15, -0.1) is 11.3 Å². The summed E-state index contributed by atoms with van der Waals surface area (Å²) >= 11 is 1.63. The van der Waals surface area contributed by atoms with Crippen LogP contribution in [0.15, 0.2) is 35.7 Å². The third kappa shape index (κ3) is 3.08. The van der Waals surface area contributed by atoms with Crippen LogP contribution in [0.4, 0.5) is 0 Å². The first-order valence-corrected chi connectivity index (χ1v) is 8.86. The molecule has 3 aromatic rings. The predicted molar refractivity (Wildman–Crippen MR) is 95.7 cm³/mol. The Balaban J connectivity index is 1.64. The number of methoxy groups -OCH3 is 1. The first-order valence-electron chi connectivity index (χ1n) is 7.98. The van der Waals surface area contributed by atoms with Crippen LogP contribution in [0.3, 0.4) is 0 Å². The molecule has 0 saturated heterocycles. The molecule has 2 aromatic heterocycles. The normalized spacial score (nSPS) is 12.7. The molecule has 3 heterocycles. The van der Waals surface area contributed by atoms with Gasteiger partial charge >= 0.3 is 0 Å². The molecule has 1 aliphatic heterocycles. The molecule has 1 aromatic carbocycles. The van der Waals surface area contributed by atoms with E-state index in [0.29, 0.717) is 25.4 Å². The third-order valence-corrected chi connectivity index (χ3v) is 4.98. The van der Waals surface area contributed by atoms with E-state index in [9.17, 15) is 4.79 Å². The van der Waals surface area contributed by atoms with Gasteiger partial charge in [0.05, 0.1) is 16.8 Å². The van der Waals surface area contributed by atoms with Gasteiger partial charge in [0.15, 0.2) is 11.5 Å². The van der Waals surface area contributed by atoms with E-state index in [1.54, 1.807) is 18.4 Å². The maximum atomic E-state index is 12.6. The van der Waals surface area contributed by atoms with E-state index in [4.69, 9.17) is 14.2 Å². The summed E-state index contributed by atoms with van der Waals surface area (Å²) in [6.45, 7) is 1.81. The van der Waals surface area contributed by atoms with E-state index >= 15 is 0 Å². The first kappa shape index (κ1) is 16.0. The molecule has 130 valence electrons. The average molecular weight is 358 g/mol. The topological polar surface area (TPSA) is 61.7 Å². The van der Waals surface area contributed by atoms with Crippen LogP contribution in [-0.4, -0.2) is 37.5 Å². The minimum atomic E-state index is -0.0961. The Labute approximate surface area is 148 Å². The highest BCUT2D eigenvalue weighted by Gasteiger charge is 2.18. The summed E-state index contributed by atoms with van der Waals surface area (Å²) in [5.41, 5.74) is 2.76. The van der Waals surface area contributed by atoms with Crippen molar-refractivity contribution in [1.82, 2.24) is 9.88 Å². The Hall–Kier alpha value is -2.51. The molecule has 0 aliphatic carbocycles. The monoisotopic (exact) mass is 358 g/mol. The molecule has 0 spiro atoms. The lowest BCUT2D eigenvalue weighted by Gasteiger charge is -2.11. The van der Waals surface area contributed by atoms with E-state index in [2.05, 4.69) is 5.32 Å². The molecule has 1 aliphatic rings. The molecule has 4 rings (SSSR count). The zero-order valence-corrected chi connectivity index (χ0v) is 14.6. The maximum absolute atomic E-state index is 12.6. The van der Waals surface area contributed by atoms with Crippen molar-refractivity contribution in [3.8, 4) is 11.5 Å². The fourth-order valence-electron chi connectivity index (χ4n) is 2.91. The number of hydrogen-bond donors (Lipinski definition) is 1. The van der Waals surface area contributed by atoms with Gasteiger partial charge in [0.1, 0.15) is 5.69 Å². The first-order chi connectivity index (χ1) is 12.3. The van der Waals surface area contributed by atoms with E-state index in [-0.39, 0.29) is 12.7 Å². The molecule has 0 atom stereocenters. The molecular weight excluding hydrogens is 340 g/mol. The van der Waals surface area contributed by atoms with Crippen molar-refractivity contribution in [3.63, 3.8) is 0 Å². The van der Waals surface area contributed by atoms with Gasteiger partial charge in [-0.05, 0) is 35.2 Å². The second-order valence-corrected chi connectivity index (χ2v) is 6.67. The molecule has 0 fully saturated rings. The highest BCUT2D eigenvalue weighted by Crippen LogP contribution is 2.33. The fourth-order valence-corrected chi connectivity index (χ4v) is 3.74. The van der Waals surface area contributed by atoms with E-state index in [1.165, 1.54) is 0 Å². The molecule has 25 heavy (non-hydrogen) atoms. The largest absolute Gasteiger partial charge is 0.454 e. The van der Waals surface area contributed by atoms with Crippen LogP contribution in [0, 0.1) is 0 Å². The lowest BCUT2D eigenvalue weighted by Crippen LogP contribution is -2.29. The summed E-state index contributed by atoms with van der Waals surface area (Å²) in [4.78, 5) is 12.6. The smallest absolute Gasteiger partial charge is 0.268 e. The molecule has 0 unspecified atom stereocenters. The highest BCUT2D eigenvalue weighted by atomic mass is 32.1. The minimum absolute atomic E-state index is 0.0961. The molecule has 6 nitrogen and oxygen atoms in total. The lowest BCUT2D eigenvalue weighted by atomic mass is 10.2. The van der Waals surface area contributed by atoms with Crippen LogP contribution in [0.2, 0.25) is 0 Å². The Bertz CT molecular complexity index is 915. The number of thiophene rings is 1. The standard InChI is InChI=1S/C18H18N2O4S/c1-22-6-5-19-18(21)14-9-17-13(4-7-25-17)20(14)10-12-2-3-15-16(8-12)24-11-23-15/h2-4,7-9H,5-6,10-11H2,1H3,(H,19,21). The van der Waals surface area contributed by atoms with Gasteiger partial charge < -0.3 is 24.1 Å². The Morgan fingerprint density at radius 2 is 2.16 bits per heavy atom. The van der Waals surface area contributed by atoms with Crippen molar-refractivity contribution in [3.05, 3.63) is 47.0 Å². The second kappa shape index (κ2) is 6.78. The predicted octanol–water partition coefficient (Wildman–Crippen LogP) is 2.86. The number of rotatable bonds is 6. The number of nitrogens with zero attached hydrogens (tertiary/aromatic N) is 1. The molecule has 0 saturated carbocycles. The molecular formula is C18H18N2O4S. The van der Waals surface area contributed by atoms with Crippen molar-refractivity contribution in [2.75, 3.05) is 27.1 Å². The number of aromatic nitrogens is 1. The van der Waals surface area contributed by atoms with Crippen molar-refractivity contribution >= 4 is 27.5 Å². The van der Waals surface area contributed by atoms with Gasteiger partial charge in [-0.2, -0.15) is 0 Å². The summed E-state index contributed by atoms with van der Waals surface area (Å²) < 4.78 is 18.9. The SMILES string of the molecule is COCCNC(=O)c1cc2sccc2n1Cc1ccc2c(c1)OCO2. The quantitative estimate of drug-likeness (QED) is 0.689. The lowest BCUT2D eigenvalue weighted by molar-refractivity contribution is 0.0928. The number of ether oxygens (including phenoxy) is 3. The van der Waals surface area contributed by atoms with Crippen molar-refractivity contribution in [1.29, 1.82) is 0 Å². The summed E-state index contributed by atoms with van der Waals surface area (Å²) in [5, 5.41) is 4.93. The van der Waals surface area contributed by atoms with Gasteiger partial charge in [0.25, 0.3) is 5.91 Å². The van der Waals surface area contributed by atoms with Crippen LogP contribution in [0.25, 0.3) is 10.2 Å². The van der Waals surface area contributed by atoms with Crippen LogP contribution < -0.4 is 14.8 Å². The average Bonchev–Trinajstić information content (AvgIpc) is 3.31. The molecule has 0 radical (unpaired) electrons. The van der Waals surface area contributed by atoms with E-state index < -0.39 is 0 Å². The van der Waals surface area contributed by atoms with Crippen LogP contribution >= 0.6 is 11.3 Å². The Kier molecular flexibility index (Phi) is 4.33. The van der Waals surface area contributed by atoms with Crippen LogP contribution in [-0.2, 0) is 11.3 Å². The molecule has 1 N–H and O–H groups in total. The molecule has 0 bridgehead atoms. The number of carbonyl (C=O) groups excluding carboxylic acids is 1. The zero-order valence-electron chi connectivity index (χ0n) is 13.8. The summed E-state index contributed by atoms with van der Waals surface area (Å²) in [6, 6.07) is 9.85. The Morgan fingerprint density at radius 1 is 1.28 bits per heavy atom. The fraction of sp³-hybridized carbons (Fsp3) is 0.278. The Morgan fingerprint density at radius 3 is 3.04 bits per heavy atom. The number of amides is 1. The minimum Gasteiger partial charge on any atom is -0.454 e. The van der Waals surface area contributed by atoms with Gasteiger partial charge in [0.2, 0.25) is 6.79 Å². The number of nitrogens with one attached hydrogen (secondary N) is 1. The number of fused-ring (bicyclic) bond motifs is 2. The van der Waals surface area contributed by atoms with Gasteiger partial charge in [-0.1, -0.05) is 6.07 Å². The number of benzene rings is 1. The second-order valence-electron chi connectivity index (χ2n) is 5.72. The van der Waals surface area contributed by atoms with Gasteiger partial charge in [-0.3, -0.25) is 4.79 Å². The maximum Gasteiger partial charge on any atom is 0.268 e. The molecule has 1 amide bonds. The highest BCUT2D eigenvalue weighted by molar-refractivity contribution is 7.17. The van der Waals surface area contributed by atoms with Crippen LogP contribution in [0.5, 0.6) is 11.5 Å². The van der Waals surface area contributed by atoms with Crippen molar-refractivity contribution < 1.29 is 19.0 Å². The summed E-state index contributed by atoms with van der Waals surface area (Å²) in [7, 11) is 1.62. The van der Waals surface area contributed by atoms with Crippen LogP contribution in [0.1, 0.15) is 16.1 Å². The summed E-state index contributed by atoms with van der Waals surface area (Å²) in [6.07, 6.45) is 0. The van der Waals surface area contributed by atoms with Gasteiger partial charge in [-0.25, -0.2) is 0 Å².